The molecule has 1 amide bonds. The van der Waals surface area contributed by atoms with Gasteiger partial charge in [0.1, 0.15) is 0 Å². The highest BCUT2D eigenvalue weighted by Crippen LogP contribution is 2.24. The lowest BCUT2D eigenvalue weighted by atomic mass is 10.2. The quantitative estimate of drug-likeness (QED) is 0.317. The SMILES string of the molecule is COC(=O)CCn1c(SC(C)C(=O)Nc2ccc(N(C)C)cc2)nc2ccccc2c1=O. The Morgan fingerprint density at radius 2 is 1.84 bits per heavy atom. The van der Waals surface area contributed by atoms with Gasteiger partial charge in [0.15, 0.2) is 5.16 Å². The van der Waals surface area contributed by atoms with Gasteiger partial charge in [-0.2, -0.15) is 0 Å². The van der Waals surface area contributed by atoms with Crippen molar-refractivity contribution in [3.63, 3.8) is 0 Å². The molecule has 0 saturated heterocycles. The van der Waals surface area contributed by atoms with Crippen molar-refractivity contribution >= 4 is 45.9 Å². The van der Waals surface area contributed by atoms with E-state index in [-0.39, 0.29) is 24.4 Å². The number of thioether (sulfide) groups is 1. The molecule has 168 valence electrons. The van der Waals surface area contributed by atoms with E-state index in [0.29, 0.717) is 21.7 Å². The van der Waals surface area contributed by atoms with Crippen molar-refractivity contribution in [2.75, 3.05) is 31.4 Å². The lowest BCUT2D eigenvalue weighted by Gasteiger charge is -2.17. The molecule has 1 N–H and O–H groups in total. The maximum absolute atomic E-state index is 13.0. The molecule has 3 aromatic rings. The summed E-state index contributed by atoms with van der Waals surface area (Å²) in [6.07, 6.45) is 0.0305. The van der Waals surface area contributed by atoms with Crippen LogP contribution >= 0.6 is 11.8 Å². The molecule has 0 aliphatic heterocycles. The van der Waals surface area contributed by atoms with E-state index in [2.05, 4.69) is 10.3 Å². The normalized spacial score (nSPS) is 11.8. The predicted octanol–water partition coefficient (Wildman–Crippen LogP) is 3.14. The average molecular weight is 455 g/mol. The van der Waals surface area contributed by atoms with Crippen LogP contribution in [-0.4, -0.2) is 47.9 Å². The van der Waals surface area contributed by atoms with Crippen molar-refractivity contribution in [3.05, 3.63) is 58.9 Å². The summed E-state index contributed by atoms with van der Waals surface area (Å²) in [5.41, 5.74) is 2.00. The number of hydrogen-bond acceptors (Lipinski definition) is 7. The monoisotopic (exact) mass is 454 g/mol. The molecule has 0 saturated carbocycles. The van der Waals surface area contributed by atoms with Crippen LogP contribution in [0.5, 0.6) is 0 Å². The molecule has 0 fully saturated rings. The number of carbonyl (C=O) groups excluding carboxylic acids is 2. The summed E-state index contributed by atoms with van der Waals surface area (Å²) in [6, 6.07) is 14.5. The van der Waals surface area contributed by atoms with Crippen molar-refractivity contribution in [2.45, 2.75) is 30.3 Å². The van der Waals surface area contributed by atoms with Crippen LogP contribution in [0.3, 0.4) is 0 Å². The highest BCUT2D eigenvalue weighted by molar-refractivity contribution is 8.00. The second kappa shape index (κ2) is 10.3. The van der Waals surface area contributed by atoms with Crippen molar-refractivity contribution in [3.8, 4) is 0 Å². The van der Waals surface area contributed by atoms with Crippen LogP contribution in [0.4, 0.5) is 11.4 Å². The molecule has 32 heavy (non-hydrogen) atoms. The van der Waals surface area contributed by atoms with Gasteiger partial charge in [0.25, 0.3) is 5.56 Å². The van der Waals surface area contributed by atoms with Gasteiger partial charge in [0, 0.05) is 32.0 Å². The van der Waals surface area contributed by atoms with E-state index in [1.54, 1.807) is 31.2 Å². The van der Waals surface area contributed by atoms with Crippen molar-refractivity contribution in [1.82, 2.24) is 9.55 Å². The van der Waals surface area contributed by atoms with Gasteiger partial charge in [-0.1, -0.05) is 23.9 Å². The minimum Gasteiger partial charge on any atom is -0.469 e. The van der Waals surface area contributed by atoms with Gasteiger partial charge in [-0.05, 0) is 43.3 Å². The number of ether oxygens (including phenoxy) is 1. The maximum Gasteiger partial charge on any atom is 0.307 e. The summed E-state index contributed by atoms with van der Waals surface area (Å²) in [7, 11) is 5.20. The van der Waals surface area contributed by atoms with Crippen LogP contribution in [-0.2, 0) is 20.9 Å². The molecule has 0 spiro atoms. The van der Waals surface area contributed by atoms with Gasteiger partial charge in [-0.15, -0.1) is 0 Å². The molecule has 1 atom stereocenters. The summed E-state index contributed by atoms with van der Waals surface area (Å²) in [5, 5.41) is 3.20. The number of methoxy groups -OCH3 is 1. The third-order valence-corrected chi connectivity index (χ3v) is 5.99. The first kappa shape index (κ1) is 23.3. The number of amides is 1. The Balaban J connectivity index is 1.83. The second-order valence-corrected chi connectivity index (χ2v) is 8.69. The minimum atomic E-state index is -0.527. The van der Waals surface area contributed by atoms with Crippen LogP contribution in [0.15, 0.2) is 58.5 Å². The first-order valence-corrected chi connectivity index (χ1v) is 11.0. The molecule has 1 heterocycles. The molecule has 0 aliphatic rings. The topological polar surface area (TPSA) is 93.5 Å². The Morgan fingerprint density at radius 1 is 1.16 bits per heavy atom. The van der Waals surface area contributed by atoms with E-state index in [4.69, 9.17) is 4.74 Å². The first-order chi connectivity index (χ1) is 15.3. The number of aromatic nitrogens is 2. The zero-order valence-corrected chi connectivity index (χ0v) is 19.3. The molecule has 2 aromatic carbocycles. The molecular formula is C23H26N4O4S. The van der Waals surface area contributed by atoms with E-state index < -0.39 is 11.2 Å². The summed E-state index contributed by atoms with van der Waals surface area (Å²) in [5.74, 6) is -0.637. The molecular weight excluding hydrogens is 428 g/mol. The molecule has 9 heteroatoms. The smallest absolute Gasteiger partial charge is 0.307 e. The fourth-order valence-electron chi connectivity index (χ4n) is 3.04. The number of rotatable bonds is 8. The van der Waals surface area contributed by atoms with Crippen LogP contribution in [0.1, 0.15) is 13.3 Å². The molecule has 1 unspecified atom stereocenters. The molecule has 0 aliphatic carbocycles. The predicted molar refractivity (Wildman–Crippen MR) is 127 cm³/mol. The summed E-state index contributed by atoms with van der Waals surface area (Å²) in [4.78, 5) is 44.0. The van der Waals surface area contributed by atoms with Crippen LogP contribution in [0.2, 0.25) is 0 Å². The maximum atomic E-state index is 13.0. The van der Waals surface area contributed by atoms with Gasteiger partial charge < -0.3 is 15.0 Å². The van der Waals surface area contributed by atoms with Crippen molar-refractivity contribution in [1.29, 1.82) is 0 Å². The summed E-state index contributed by atoms with van der Waals surface area (Å²) in [6.45, 7) is 1.87. The van der Waals surface area contributed by atoms with Gasteiger partial charge in [-0.3, -0.25) is 19.0 Å². The van der Waals surface area contributed by atoms with Gasteiger partial charge in [-0.25, -0.2) is 4.98 Å². The third kappa shape index (κ3) is 5.47. The Kier molecular flexibility index (Phi) is 7.53. The Morgan fingerprint density at radius 3 is 2.50 bits per heavy atom. The zero-order chi connectivity index (χ0) is 23.3. The number of anilines is 2. The number of nitrogens with zero attached hydrogens (tertiary/aromatic N) is 3. The summed E-state index contributed by atoms with van der Waals surface area (Å²) < 4.78 is 6.13. The number of nitrogens with one attached hydrogen (secondary N) is 1. The largest absolute Gasteiger partial charge is 0.469 e. The van der Waals surface area contributed by atoms with Crippen LogP contribution < -0.4 is 15.8 Å². The fourth-order valence-corrected chi connectivity index (χ4v) is 3.97. The molecule has 8 nitrogen and oxygen atoms in total. The van der Waals surface area contributed by atoms with Crippen molar-refractivity contribution < 1.29 is 14.3 Å². The Bertz CT molecular complexity index is 1170. The number of esters is 1. The van der Waals surface area contributed by atoms with Gasteiger partial charge >= 0.3 is 5.97 Å². The lowest BCUT2D eigenvalue weighted by molar-refractivity contribution is -0.140. The first-order valence-electron chi connectivity index (χ1n) is 10.1. The number of carbonyl (C=O) groups is 2. The lowest BCUT2D eigenvalue weighted by Crippen LogP contribution is -2.27. The Labute approximate surface area is 190 Å². The Hall–Kier alpha value is -3.33. The molecule has 0 radical (unpaired) electrons. The zero-order valence-electron chi connectivity index (χ0n) is 18.5. The fraction of sp³-hybridized carbons (Fsp3) is 0.304. The van der Waals surface area contributed by atoms with E-state index in [9.17, 15) is 14.4 Å². The number of para-hydroxylation sites is 1. The summed E-state index contributed by atoms with van der Waals surface area (Å²) >= 11 is 1.17. The molecule has 0 bridgehead atoms. The highest BCUT2D eigenvalue weighted by Gasteiger charge is 2.20. The van der Waals surface area contributed by atoms with Crippen molar-refractivity contribution in [2.24, 2.45) is 0 Å². The van der Waals surface area contributed by atoms with E-state index in [1.165, 1.54) is 23.4 Å². The van der Waals surface area contributed by atoms with Crippen LogP contribution in [0, 0.1) is 0 Å². The van der Waals surface area contributed by atoms with E-state index in [1.807, 2.05) is 43.3 Å². The molecule has 1 aromatic heterocycles. The minimum absolute atomic E-state index is 0.0305. The number of benzene rings is 2. The van der Waals surface area contributed by atoms with Gasteiger partial charge in [0.2, 0.25) is 5.91 Å². The third-order valence-electron chi connectivity index (χ3n) is 4.90. The van der Waals surface area contributed by atoms with E-state index in [0.717, 1.165) is 5.69 Å². The number of hydrogen-bond donors (Lipinski definition) is 1. The standard InChI is InChI=1S/C23H26N4O4S/c1-15(21(29)24-16-9-11-17(12-10-16)26(2)3)32-23-25-19-8-6-5-7-18(19)22(30)27(23)14-13-20(28)31-4/h5-12,15H,13-14H2,1-4H3,(H,24,29). The van der Waals surface area contributed by atoms with Crippen LogP contribution in [0.25, 0.3) is 10.9 Å². The number of fused-ring (bicyclic) bond motifs is 1. The van der Waals surface area contributed by atoms with E-state index >= 15 is 0 Å². The highest BCUT2D eigenvalue weighted by atomic mass is 32.2. The van der Waals surface area contributed by atoms with Gasteiger partial charge in [0.05, 0.1) is 29.7 Å². The molecule has 3 rings (SSSR count). The second-order valence-electron chi connectivity index (χ2n) is 7.39. The average Bonchev–Trinajstić information content (AvgIpc) is 2.78.